The van der Waals surface area contributed by atoms with Crippen molar-refractivity contribution in [2.75, 3.05) is 39.6 Å². The van der Waals surface area contributed by atoms with E-state index in [-0.39, 0.29) is 50.8 Å². The summed E-state index contributed by atoms with van der Waals surface area (Å²) >= 11 is 0. The zero-order chi connectivity index (χ0) is 31.1. The van der Waals surface area contributed by atoms with Gasteiger partial charge in [-0.05, 0) is 0 Å². The number of carbonyl (C=O) groups excluding carboxylic acids is 4. The molecule has 0 bridgehead atoms. The first-order valence-corrected chi connectivity index (χ1v) is 14.3. The van der Waals surface area contributed by atoms with Crippen molar-refractivity contribution in [2.45, 2.75) is 86.1 Å². The molecule has 6 aliphatic rings. The van der Waals surface area contributed by atoms with Crippen LogP contribution in [0.1, 0.15) is 12.8 Å². The standard InChI is InChI=1S/C28H34O16/c1-11(27(33)43-17-9-38-22-14(30)6-36-24(17)22)4-20(32)42-16-8-39-26-18(10-40-25(16)26)44-28(34)12(2)3-19(31)41-15-7-37-21-13(29)5-35-23(15)21/h13-18,21-26,29-30H,1-10H2/t13-,14?,15?,16?,17?,18?,21?,22?,23?,24?,25?,26?/m0/s1. The van der Waals surface area contributed by atoms with Crippen LogP contribution in [0.15, 0.2) is 24.3 Å². The summed E-state index contributed by atoms with van der Waals surface area (Å²) in [6.07, 6.45) is -9.37. The van der Waals surface area contributed by atoms with Gasteiger partial charge in [-0.2, -0.15) is 0 Å². The maximum Gasteiger partial charge on any atom is 0.334 e. The highest BCUT2D eigenvalue weighted by molar-refractivity contribution is 5.94. The van der Waals surface area contributed by atoms with Gasteiger partial charge < -0.3 is 57.6 Å². The lowest BCUT2D eigenvalue weighted by molar-refractivity contribution is -0.157. The summed E-state index contributed by atoms with van der Waals surface area (Å²) < 4.78 is 54.7. The molecule has 242 valence electrons. The second-order valence-corrected chi connectivity index (χ2v) is 11.4. The molecule has 6 heterocycles. The largest absolute Gasteiger partial charge is 0.457 e. The number of rotatable bonds is 10. The molecule has 16 heteroatoms. The molecular formula is C28H34O16. The van der Waals surface area contributed by atoms with Crippen LogP contribution < -0.4 is 0 Å². The molecule has 0 aromatic rings. The minimum Gasteiger partial charge on any atom is -0.457 e. The normalized spacial score (nSPS) is 40.1. The number of esters is 4. The van der Waals surface area contributed by atoms with Gasteiger partial charge in [0.25, 0.3) is 0 Å². The van der Waals surface area contributed by atoms with Crippen molar-refractivity contribution in [3.63, 3.8) is 0 Å². The van der Waals surface area contributed by atoms with Crippen molar-refractivity contribution in [1.82, 2.24) is 0 Å². The quantitative estimate of drug-likeness (QED) is 0.148. The van der Waals surface area contributed by atoms with Gasteiger partial charge in [0.15, 0.2) is 24.4 Å². The molecule has 11 unspecified atom stereocenters. The van der Waals surface area contributed by atoms with Crippen LogP contribution in [0.5, 0.6) is 0 Å². The van der Waals surface area contributed by atoms with Gasteiger partial charge in [-0.15, -0.1) is 0 Å². The van der Waals surface area contributed by atoms with E-state index in [2.05, 4.69) is 13.2 Å². The zero-order valence-corrected chi connectivity index (χ0v) is 23.6. The molecule has 0 radical (unpaired) electrons. The molecule has 44 heavy (non-hydrogen) atoms. The third kappa shape index (κ3) is 6.25. The van der Waals surface area contributed by atoms with Crippen LogP contribution in [0.4, 0.5) is 0 Å². The second-order valence-electron chi connectivity index (χ2n) is 11.4. The number of ether oxygens (including phenoxy) is 10. The lowest BCUT2D eigenvalue weighted by Crippen LogP contribution is -2.36. The van der Waals surface area contributed by atoms with Gasteiger partial charge in [-0.3, -0.25) is 9.59 Å². The molecule has 0 aromatic carbocycles. The van der Waals surface area contributed by atoms with Gasteiger partial charge in [0.1, 0.15) is 48.8 Å². The van der Waals surface area contributed by atoms with Crippen LogP contribution in [-0.4, -0.2) is 147 Å². The molecule has 0 amide bonds. The first-order valence-electron chi connectivity index (χ1n) is 14.3. The number of aliphatic hydroxyl groups excluding tert-OH is 2. The summed E-state index contributed by atoms with van der Waals surface area (Å²) in [5.74, 6) is -3.16. The van der Waals surface area contributed by atoms with E-state index >= 15 is 0 Å². The Balaban J connectivity index is 0.911. The summed E-state index contributed by atoms with van der Waals surface area (Å²) in [4.78, 5) is 50.1. The highest BCUT2D eigenvalue weighted by atomic mass is 16.7. The Morgan fingerprint density at radius 1 is 0.500 bits per heavy atom. The lowest BCUT2D eigenvalue weighted by atomic mass is 10.1. The van der Waals surface area contributed by atoms with Gasteiger partial charge in [0, 0.05) is 11.1 Å². The summed E-state index contributed by atoms with van der Waals surface area (Å²) in [7, 11) is 0. The Morgan fingerprint density at radius 2 is 0.795 bits per heavy atom. The predicted molar refractivity (Wildman–Crippen MR) is 137 cm³/mol. The van der Waals surface area contributed by atoms with Crippen molar-refractivity contribution in [3.05, 3.63) is 24.3 Å². The van der Waals surface area contributed by atoms with Crippen molar-refractivity contribution >= 4 is 23.9 Å². The highest BCUT2D eigenvalue weighted by Crippen LogP contribution is 2.33. The summed E-state index contributed by atoms with van der Waals surface area (Å²) in [6.45, 7) is 7.43. The molecule has 6 rings (SSSR count). The predicted octanol–water partition coefficient (Wildman–Crippen LogP) is -2.36. The first-order chi connectivity index (χ1) is 21.1. The molecular weight excluding hydrogens is 592 g/mol. The number of fused-ring (bicyclic) bond motifs is 3. The van der Waals surface area contributed by atoms with Crippen molar-refractivity contribution in [1.29, 1.82) is 0 Å². The Hall–Kier alpha value is -2.96. The van der Waals surface area contributed by atoms with E-state index in [0.717, 1.165) is 0 Å². The van der Waals surface area contributed by atoms with E-state index in [4.69, 9.17) is 47.4 Å². The zero-order valence-electron chi connectivity index (χ0n) is 23.6. The number of hydrogen-bond acceptors (Lipinski definition) is 16. The maximum atomic E-state index is 12.6. The van der Waals surface area contributed by atoms with Crippen molar-refractivity contribution in [2.24, 2.45) is 0 Å². The average Bonchev–Trinajstić information content (AvgIpc) is 3.81. The molecule has 2 N–H and O–H groups in total. The van der Waals surface area contributed by atoms with Crippen molar-refractivity contribution in [3.8, 4) is 0 Å². The summed E-state index contributed by atoms with van der Waals surface area (Å²) in [6, 6.07) is 0. The molecule has 0 aromatic heterocycles. The summed E-state index contributed by atoms with van der Waals surface area (Å²) in [5, 5.41) is 19.6. The minimum atomic E-state index is -0.848. The Morgan fingerprint density at radius 3 is 1.18 bits per heavy atom. The first kappa shape index (κ1) is 31.0. The minimum absolute atomic E-state index is 0.0378. The van der Waals surface area contributed by atoms with Crippen LogP contribution >= 0.6 is 0 Å². The van der Waals surface area contributed by atoms with Crippen LogP contribution in [0.3, 0.4) is 0 Å². The fourth-order valence-electron chi connectivity index (χ4n) is 6.08. The van der Waals surface area contributed by atoms with Gasteiger partial charge in [0.05, 0.1) is 52.5 Å². The fourth-order valence-corrected chi connectivity index (χ4v) is 6.08. The second kappa shape index (κ2) is 12.8. The van der Waals surface area contributed by atoms with Crippen molar-refractivity contribution < 1.29 is 76.8 Å². The maximum absolute atomic E-state index is 12.6. The van der Waals surface area contributed by atoms with E-state index in [1.807, 2.05) is 0 Å². The SMILES string of the molecule is C=C(CC(=O)OC1COC2C(OC(=O)C(=C)CC(=O)OC3COC4C3OC[C@@H]4O)COC12)C(=O)OC1COC2C(O)COC12. The Labute approximate surface area is 251 Å². The fraction of sp³-hybridized carbons (Fsp3) is 0.714. The Kier molecular flexibility index (Phi) is 9.03. The van der Waals surface area contributed by atoms with Gasteiger partial charge in [-0.1, -0.05) is 13.2 Å². The van der Waals surface area contributed by atoms with Crippen LogP contribution in [0.25, 0.3) is 0 Å². The van der Waals surface area contributed by atoms with Crippen LogP contribution in [0.2, 0.25) is 0 Å². The van der Waals surface area contributed by atoms with E-state index in [0.29, 0.717) is 0 Å². The molecule has 0 aliphatic carbocycles. The molecule has 6 fully saturated rings. The Bertz CT molecular complexity index is 1190. The monoisotopic (exact) mass is 626 g/mol. The van der Waals surface area contributed by atoms with Crippen LogP contribution in [0, 0.1) is 0 Å². The number of hydrogen-bond donors (Lipinski definition) is 2. The van der Waals surface area contributed by atoms with E-state index < -0.39 is 110 Å². The van der Waals surface area contributed by atoms with Gasteiger partial charge in [0.2, 0.25) is 0 Å². The van der Waals surface area contributed by atoms with Gasteiger partial charge >= 0.3 is 23.9 Å². The smallest absolute Gasteiger partial charge is 0.334 e. The van der Waals surface area contributed by atoms with E-state index in [9.17, 15) is 29.4 Å². The molecule has 6 aliphatic heterocycles. The van der Waals surface area contributed by atoms with E-state index in [1.165, 1.54) is 0 Å². The summed E-state index contributed by atoms with van der Waals surface area (Å²) in [5.41, 5.74) is -0.291. The molecule has 6 saturated heterocycles. The third-order valence-corrected chi connectivity index (χ3v) is 8.30. The van der Waals surface area contributed by atoms with Gasteiger partial charge in [-0.25, -0.2) is 9.59 Å². The molecule has 0 spiro atoms. The topological polar surface area (TPSA) is 201 Å². The average molecular weight is 627 g/mol. The molecule has 16 nitrogen and oxygen atoms in total. The lowest BCUT2D eigenvalue weighted by Gasteiger charge is -2.19. The molecule has 12 atom stereocenters. The highest BCUT2D eigenvalue weighted by Gasteiger charge is 2.52. The van der Waals surface area contributed by atoms with E-state index in [1.54, 1.807) is 0 Å². The third-order valence-electron chi connectivity index (χ3n) is 8.30. The number of aliphatic hydroxyl groups is 2. The van der Waals surface area contributed by atoms with Crippen LogP contribution in [-0.2, 0) is 66.5 Å². The molecule has 0 saturated carbocycles. The number of carbonyl (C=O) groups is 4.